The third-order valence-corrected chi connectivity index (χ3v) is 2.29. The molecule has 0 unspecified atom stereocenters. The Morgan fingerprint density at radius 2 is 2.07 bits per heavy atom. The van der Waals surface area contributed by atoms with E-state index in [9.17, 15) is 0 Å². The molecule has 1 aromatic carbocycles. The van der Waals surface area contributed by atoms with Gasteiger partial charge in [-0.25, -0.2) is 0 Å². The number of nitrogen functional groups attached to an aromatic ring is 1. The maximum absolute atomic E-state index is 5.80. The molecule has 1 heterocycles. The highest BCUT2D eigenvalue weighted by molar-refractivity contribution is 5.45. The van der Waals surface area contributed by atoms with Crippen molar-refractivity contribution in [3.63, 3.8) is 0 Å². The summed E-state index contributed by atoms with van der Waals surface area (Å²) >= 11 is 0. The Labute approximate surface area is 89.8 Å². The Morgan fingerprint density at radius 3 is 2.73 bits per heavy atom. The fourth-order valence-electron chi connectivity index (χ4n) is 1.73. The molecule has 0 fully saturated rings. The molecule has 76 valence electrons. The van der Waals surface area contributed by atoms with Crippen LogP contribution in [0.5, 0.6) is 0 Å². The smallest absolute Gasteiger partial charge is 0.0319 e. The zero-order valence-electron chi connectivity index (χ0n) is 8.77. The van der Waals surface area contributed by atoms with Crippen molar-refractivity contribution >= 4 is 5.69 Å². The first-order valence-corrected chi connectivity index (χ1v) is 4.99. The third kappa shape index (κ3) is 2.56. The maximum atomic E-state index is 5.80. The van der Waals surface area contributed by atoms with Gasteiger partial charge in [-0.15, -0.1) is 0 Å². The van der Waals surface area contributed by atoms with Gasteiger partial charge >= 0.3 is 0 Å². The van der Waals surface area contributed by atoms with Crippen LogP contribution >= 0.6 is 0 Å². The molecule has 0 bridgehead atoms. The molecule has 0 radical (unpaired) electrons. The van der Waals surface area contributed by atoms with Gasteiger partial charge in [0.25, 0.3) is 0 Å². The fraction of sp³-hybridized carbons (Fsp3) is 0.154. The molecule has 2 nitrogen and oxygen atoms in total. The maximum Gasteiger partial charge on any atom is 0.0319 e. The van der Waals surface area contributed by atoms with Crippen molar-refractivity contribution in [3.05, 3.63) is 59.4 Å². The van der Waals surface area contributed by atoms with Gasteiger partial charge in [-0.2, -0.15) is 0 Å². The molecule has 0 atom stereocenters. The zero-order chi connectivity index (χ0) is 10.7. The normalized spacial score (nSPS) is 10.2. The number of nitrogens with two attached hydrogens (primary N) is 1. The Kier molecular flexibility index (Phi) is 2.68. The lowest BCUT2D eigenvalue weighted by atomic mass is 10.0. The quantitative estimate of drug-likeness (QED) is 0.753. The van der Waals surface area contributed by atoms with E-state index in [-0.39, 0.29) is 0 Å². The van der Waals surface area contributed by atoms with E-state index in [0.717, 1.165) is 12.1 Å². The minimum Gasteiger partial charge on any atom is -0.399 e. The summed E-state index contributed by atoms with van der Waals surface area (Å²) in [5.74, 6) is 0. The van der Waals surface area contributed by atoms with E-state index >= 15 is 0 Å². The standard InChI is InChI=1S/C13H14N2/c1-10-5-12(8-13(14)6-10)7-11-3-2-4-15-9-11/h2-6,8-9H,7,14H2,1H3. The molecule has 0 saturated carbocycles. The molecule has 0 spiro atoms. The summed E-state index contributed by atoms with van der Waals surface area (Å²) in [5, 5.41) is 0. The van der Waals surface area contributed by atoms with E-state index in [1.807, 2.05) is 24.4 Å². The van der Waals surface area contributed by atoms with Gasteiger partial charge in [-0.1, -0.05) is 12.1 Å². The van der Waals surface area contributed by atoms with E-state index in [0.29, 0.717) is 0 Å². The first-order valence-electron chi connectivity index (χ1n) is 4.99. The second-order valence-electron chi connectivity index (χ2n) is 3.79. The Hall–Kier alpha value is -1.83. The van der Waals surface area contributed by atoms with E-state index in [1.54, 1.807) is 6.20 Å². The molecule has 0 amide bonds. The molecular weight excluding hydrogens is 184 g/mol. The summed E-state index contributed by atoms with van der Waals surface area (Å²) in [6, 6.07) is 10.2. The molecule has 1 aromatic heterocycles. The number of aryl methyl sites for hydroxylation is 1. The van der Waals surface area contributed by atoms with Crippen LogP contribution in [0.4, 0.5) is 5.69 Å². The highest BCUT2D eigenvalue weighted by Crippen LogP contribution is 2.14. The molecule has 0 aliphatic carbocycles. The highest BCUT2D eigenvalue weighted by Gasteiger charge is 1.98. The van der Waals surface area contributed by atoms with Gasteiger partial charge in [0, 0.05) is 18.1 Å². The second-order valence-corrected chi connectivity index (χ2v) is 3.79. The summed E-state index contributed by atoms with van der Waals surface area (Å²) in [5.41, 5.74) is 10.3. The average molecular weight is 198 g/mol. The minimum atomic E-state index is 0.828. The van der Waals surface area contributed by atoms with Gasteiger partial charge in [0.2, 0.25) is 0 Å². The minimum absolute atomic E-state index is 0.828. The first-order chi connectivity index (χ1) is 7.24. The molecule has 0 saturated heterocycles. The molecule has 2 heteroatoms. The molecular formula is C13H14N2. The van der Waals surface area contributed by atoms with Crippen LogP contribution in [-0.4, -0.2) is 4.98 Å². The Bertz CT molecular complexity index is 429. The van der Waals surface area contributed by atoms with Crippen LogP contribution in [0.3, 0.4) is 0 Å². The van der Waals surface area contributed by atoms with Crippen molar-refractivity contribution in [1.29, 1.82) is 0 Å². The van der Waals surface area contributed by atoms with Crippen molar-refractivity contribution in [2.24, 2.45) is 0 Å². The van der Waals surface area contributed by atoms with Gasteiger partial charge in [0.15, 0.2) is 0 Å². The molecule has 0 aliphatic heterocycles. The molecule has 2 aromatic rings. The number of rotatable bonds is 2. The van der Waals surface area contributed by atoms with Crippen LogP contribution in [0.25, 0.3) is 0 Å². The van der Waals surface area contributed by atoms with E-state index < -0.39 is 0 Å². The molecule has 15 heavy (non-hydrogen) atoms. The van der Waals surface area contributed by atoms with Crippen LogP contribution in [0.1, 0.15) is 16.7 Å². The van der Waals surface area contributed by atoms with Crippen LogP contribution < -0.4 is 5.73 Å². The number of aromatic nitrogens is 1. The summed E-state index contributed by atoms with van der Waals surface area (Å²) in [4.78, 5) is 4.09. The van der Waals surface area contributed by atoms with Crippen LogP contribution in [0.15, 0.2) is 42.7 Å². The van der Waals surface area contributed by atoms with Gasteiger partial charge in [-0.3, -0.25) is 4.98 Å². The summed E-state index contributed by atoms with van der Waals surface area (Å²) in [6.07, 6.45) is 4.56. The monoisotopic (exact) mass is 198 g/mol. The fourth-order valence-corrected chi connectivity index (χ4v) is 1.73. The third-order valence-electron chi connectivity index (χ3n) is 2.29. The van der Waals surface area contributed by atoms with E-state index in [2.05, 4.69) is 24.0 Å². The van der Waals surface area contributed by atoms with Gasteiger partial charge in [-0.05, 0) is 48.2 Å². The molecule has 2 rings (SSSR count). The number of benzene rings is 1. The van der Waals surface area contributed by atoms with Crippen LogP contribution in [-0.2, 0) is 6.42 Å². The van der Waals surface area contributed by atoms with E-state index in [4.69, 9.17) is 5.73 Å². The number of hydrogen-bond donors (Lipinski definition) is 1. The Morgan fingerprint density at radius 1 is 1.20 bits per heavy atom. The number of nitrogens with zero attached hydrogens (tertiary/aromatic N) is 1. The van der Waals surface area contributed by atoms with Gasteiger partial charge in [0.1, 0.15) is 0 Å². The van der Waals surface area contributed by atoms with Crippen molar-refractivity contribution in [2.45, 2.75) is 13.3 Å². The highest BCUT2D eigenvalue weighted by atomic mass is 14.6. The van der Waals surface area contributed by atoms with Crippen molar-refractivity contribution in [3.8, 4) is 0 Å². The SMILES string of the molecule is Cc1cc(N)cc(Cc2cccnc2)c1. The molecule has 0 aliphatic rings. The summed E-state index contributed by atoms with van der Waals surface area (Å²) in [7, 11) is 0. The number of anilines is 1. The van der Waals surface area contributed by atoms with Crippen LogP contribution in [0.2, 0.25) is 0 Å². The topological polar surface area (TPSA) is 38.9 Å². The predicted octanol–water partition coefficient (Wildman–Crippen LogP) is 2.56. The lowest BCUT2D eigenvalue weighted by molar-refractivity contribution is 1.14. The zero-order valence-corrected chi connectivity index (χ0v) is 8.77. The Balaban J connectivity index is 2.25. The largest absolute Gasteiger partial charge is 0.399 e. The number of hydrogen-bond acceptors (Lipinski definition) is 2. The van der Waals surface area contributed by atoms with Crippen molar-refractivity contribution < 1.29 is 0 Å². The lowest BCUT2D eigenvalue weighted by Gasteiger charge is -2.04. The van der Waals surface area contributed by atoms with Crippen LogP contribution in [0, 0.1) is 6.92 Å². The average Bonchev–Trinajstić information content (AvgIpc) is 2.17. The predicted molar refractivity (Wildman–Crippen MR) is 62.6 cm³/mol. The summed E-state index contributed by atoms with van der Waals surface area (Å²) < 4.78 is 0. The number of pyridine rings is 1. The van der Waals surface area contributed by atoms with Crippen molar-refractivity contribution in [1.82, 2.24) is 4.98 Å². The van der Waals surface area contributed by atoms with Gasteiger partial charge < -0.3 is 5.73 Å². The van der Waals surface area contributed by atoms with E-state index in [1.165, 1.54) is 16.7 Å². The summed E-state index contributed by atoms with van der Waals surface area (Å²) in [6.45, 7) is 2.06. The lowest BCUT2D eigenvalue weighted by Crippen LogP contribution is -1.93. The first kappa shape index (κ1) is 9.71. The van der Waals surface area contributed by atoms with Gasteiger partial charge in [0.05, 0.1) is 0 Å². The molecule has 2 N–H and O–H groups in total. The van der Waals surface area contributed by atoms with Crippen molar-refractivity contribution in [2.75, 3.05) is 5.73 Å². The second kappa shape index (κ2) is 4.13.